The first kappa shape index (κ1) is 21.0. The number of ketones is 1. The van der Waals surface area contributed by atoms with E-state index in [1.807, 2.05) is 0 Å². The molecule has 1 nitrogen and oxygen atoms in total. The van der Waals surface area contributed by atoms with Crippen molar-refractivity contribution in [1.82, 2.24) is 0 Å². The van der Waals surface area contributed by atoms with Gasteiger partial charge in [0, 0.05) is 32.7 Å². The van der Waals surface area contributed by atoms with Crippen LogP contribution in [0.25, 0.3) is 0 Å². The third-order valence-electron chi connectivity index (χ3n) is 1.49. The molecule has 0 spiro atoms. The maximum atomic E-state index is 10.4. The van der Waals surface area contributed by atoms with Crippen LogP contribution in [0.5, 0.6) is 0 Å². The van der Waals surface area contributed by atoms with Gasteiger partial charge < -0.3 is 18.6 Å². The van der Waals surface area contributed by atoms with Crippen LogP contribution in [-0.4, -0.2) is 5.78 Å². The van der Waals surface area contributed by atoms with Gasteiger partial charge in [-0.15, -0.1) is 0 Å². The molecule has 0 rings (SSSR count). The molecular weight excluding hydrogens is 261 g/mol. The molecule has 0 aromatic rings. The summed E-state index contributed by atoms with van der Waals surface area (Å²) in [5.41, 5.74) is 0. The Kier molecular flexibility index (Phi) is 20.5. The first-order valence-corrected chi connectivity index (χ1v) is 5.54. The summed E-state index contributed by atoms with van der Waals surface area (Å²) in [6.07, 6.45) is 4.07. The van der Waals surface area contributed by atoms with Crippen LogP contribution in [0.2, 0.25) is 0 Å². The molecule has 0 atom stereocenters. The van der Waals surface area contributed by atoms with E-state index >= 15 is 0 Å². The van der Waals surface area contributed by atoms with E-state index in [0.717, 1.165) is 12.3 Å². The van der Waals surface area contributed by atoms with Crippen molar-refractivity contribution in [3.05, 3.63) is 13.8 Å². The number of carbonyl (C=O) groups excluding carboxylic acids is 1. The first-order chi connectivity index (χ1) is 6.36. The molecule has 0 N–H and O–H groups in total. The van der Waals surface area contributed by atoms with Crippen LogP contribution < -0.4 is 0 Å². The summed E-state index contributed by atoms with van der Waals surface area (Å²) < 4.78 is 0. The Bertz CT molecular complexity index is 128. The number of hydrogen-bond donors (Lipinski definition) is 0. The molecule has 0 aliphatic rings. The van der Waals surface area contributed by atoms with Crippen molar-refractivity contribution in [3.63, 3.8) is 0 Å². The molecular formula is C13H26OY-2. The predicted molar refractivity (Wildman–Crippen MR) is 63.9 cm³/mol. The van der Waals surface area contributed by atoms with E-state index in [9.17, 15) is 4.79 Å². The Morgan fingerprint density at radius 3 is 1.80 bits per heavy atom. The largest absolute Gasteiger partial charge is 0.341 e. The summed E-state index contributed by atoms with van der Waals surface area (Å²) in [7, 11) is 0. The van der Waals surface area contributed by atoms with Gasteiger partial charge in [0.05, 0.1) is 0 Å². The molecule has 0 aliphatic carbocycles. The van der Waals surface area contributed by atoms with E-state index in [0.29, 0.717) is 12.3 Å². The summed E-state index contributed by atoms with van der Waals surface area (Å²) in [6, 6.07) is 0. The fourth-order valence-electron chi connectivity index (χ4n) is 0.875. The minimum atomic E-state index is 0. The SMILES string of the molecule is [CH2-]C(=O)CCCCC(C)C.[CH2-]C(C)C.[Y]. The minimum Gasteiger partial charge on any atom is -0.341 e. The van der Waals surface area contributed by atoms with Crippen LogP contribution in [-0.2, 0) is 37.5 Å². The fourth-order valence-corrected chi connectivity index (χ4v) is 0.875. The molecule has 0 saturated heterocycles. The smallest absolute Gasteiger partial charge is 0 e. The third kappa shape index (κ3) is 40.1. The van der Waals surface area contributed by atoms with Gasteiger partial charge in [0.25, 0.3) is 0 Å². The monoisotopic (exact) mass is 287 g/mol. The van der Waals surface area contributed by atoms with Crippen molar-refractivity contribution in [2.24, 2.45) is 11.8 Å². The molecule has 0 aliphatic heterocycles. The molecule has 2 heteroatoms. The van der Waals surface area contributed by atoms with Gasteiger partial charge in [-0.3, -0.25) is 0 Å². The summed E-state index contributed by atoms with van der Waals surface area (Å²) in [4.78, 5) is 10.4. The molecule has 0 aromatic heterocycles. The average molecular weight is 287 g/mol. The van der Waals surface area contributed by atoms with E-state index in [2.05, 4.69) is 41.5 Å². The van der Waals surface area contributed by atoms with E-state index in [1.165, 1.54) is 12.8 Å². The van der Waals surface area contributed by atoms with Crippen molar-refractivity contribution in [2.75, 3.05) is 0 Å². The number of carbonyl (C=O) groups is 1. The molecule has 0 amide bonds. The summed E-state index contributed by atoms with van der Waals surface area (Å²) >= 11 is 0. The number of rotatable bonds is 5. The fraction of sp³-hybridized carbons (Fsp3) is 0.769. The topological polar surface area (TPSA) is 17.1 Å². The van der Waals surface area contributed by atoms with Crippen molar-refractivity contribution >= 4 is 5.78 Å². The van der Waals surface area contributed by atoms with E-state index in [4.69, 9.17) is 0 Å². The van der Waals surface area contributed by atoms with Crippen LogP contribution in [0.15, 0.2) is 0 Å². The first-order valence-electron chi connectivity index (χ1n) is 5.54. The molecule has 0 heterocycles. The van der Waals surface area contributed by atoms with E-state index in [1.54, 1.807) is 0 Å². The summed E-state index contributed by atoms with van der Waals surface area (Å²) in [6.45, 7) is 15.5. The van der Waals surface area contributed by atoms with Gasteiger partial charge in [-0.25, -0.2) is 0 Å². The van der Waals surface area contributed by atoms with Gasteiger partial charge in [-0.2, -0.15) is 5.92 Å². The zero-order valence-corrected chi connectivity index (χ0v) is 13.7. The van der Waals surface area contributed by atoms with Crippen molar-refractivity contribution in [3.8, 4) is 0 Å². The Morgan fingerprint density at radius 1 is 1.13 bits per heavy atom. The second-order valence-electron chi connectivity index (χ2n) is 4.57. The van der Waals surface area contributed by atoms with Gasteiger partial charge in [0.2, 0.25) is 0 Å². The van der Waals surface area contributed by atoms with Crippen LogP contribution >= 0.6 is 0 Å². The van der Waals surface area contributed by atoms with Crippen LogP contribution in [0.4, 0.5) is 0 Å². The Balaban J connectivity index is -0.000000249. The number of unbranched alkanes of at least 4 members (excludes halogenated alkanes) is 1. The van der Waals surface area contributed by atoms with E-state index < -0.39 is 0 Å². The maximum absolute atomic E-state index is 10.4. The van der Waals surface area contributed by atoms with Gasteiger partial charge in [0.1, 0.15) is 0 Å². The number of Topliss-reactive ketones (excluding diaryl/α,β-unsaturated/α-hetero) is 1. The second-order valence-corrected chi connectivity index (χ2v) is 4.57. The van der Waals surface area contributed by atoms with Crippen molar-refractivity contribution < 1.29 is 37.5 Å². The molecule has 0 unspecified atom stereocenters. The van der Waals surface area contributed by atoms with E-state index in [-0.39, 0.29) is 38.5 Å². The predicted octanol–water partition coefficient (Wildman–Crippen LogP) is 4.08. The summed E-state index contributed by atoms with van der Waals surface area (Å²) in [5.74, 6) is 1.42. The van der Waals surface area contributed by atoms with Crippen LogP contribution in [0, 0.1) is 25.7 Å². The molecule has 0 bridgehead atoms. The maximum Gasteiger partial charge on any atom is 0 e. The normalized spacial score (nSPS) is 9.27. The van der Waals surface area contributed by atoms with Gasteiger partial charge >= 0.3 is 0 Å². The standard InChI is InChI=1S/C9H17O.C4H9.Y/c1-8(2)6-4-5-7-9(3)10;1-4(2)3;/h8H,3-7H2,1-2H3;4H,1H2,2-3H3;/q2*-1;. The molecule has 1 radical (unpaired) electrons. The second kappa shape index (κ2) is 14.6. The molecule has 15 heavy (non-hydrogen) atoms. The van der Waals surface area contributed by atoms with Crippen molar-refractivity contribution in [2.45, 2.75) is 53.4 Å². The molecule has 0 saturated carbocycles. The number of hydrogen-bond acceptors (Lipinski definition) is 1. The Hall–Kier alpha value is 0.644. The van der Waals surface area contributed by atoms with Crippen LogP contribution in [0.3, 0.4) is 0 Å². The van der Waals surface area contributed by atoms with Crippen LogP contribution in [0.1, 0.15) is 53.4 Å². The van der Waals surface area contributed by atoms with Crippen molar-refractivity contribution in [1.29, 1.82) is 0 Å². The summed E-state index contributed by atoms with van der Waals surface area (Å²) in [5, 5.41) is 0. The van der Waals surface area contributed by atoms with Gasteiger partial charge in [-0.1, -0.05) is 40.5 Å². The average Bonchev–Trinajstić information content (AvgIpc) is 1.96. The Morgan fingerprint density at radius 2 is 1.53 bits per heavy atom. The molecule has 89 valence electrons. The Labute approximate surface area is 122 Å². The molecule has 0 fully saturated rings. The zero-order chi connectivity index (χ0) is 11.6. The van der Waals surface area contributed by atoms with Gasteiger partial charge in [0.15, 0.2) is 0 Å². The third-order valence-corrected chi connectivity index (χ3v) is 1.49. The minimum absolute atomic E-state index is 0. The quantitative estimate of drug-likeness (QED) is 0.550. The molecule has 0 aromatic carbocycles. The van der Waals surface area contributed by atoms with Gasteiger partial charge in [-0.05, 0) is 24.5 Å². The zero-order valence-electron chi connectivity index (χ0n) is 10.9.